The van der Waals surface area contributed by atoms with Crippen LogP contribution >= 0.6 is 15.9 Å². The van der Waals surface area contributed by atoms with Crippen LogP contribution in [0.25, 0.3) is 11.3 Å². The van der Waals surface area contributed by atoms with Crippen LogP contribution in [0.2, 0.25) is 0 Å². The van der Waals surface area contributed by atoms with E-state index in [1.807, 2.05) is 30.3 Å². The highest BCUT2D eigenvalue weighted by atomic mass is 79.9. The monoisotopic (exact) mass is 343 g/mol. The van der Waals surface area contributed by atoms with Crippen molar-refractivity contribution in [3.05, 3.63) is 64.0 Å². The number of methoxy groups -OCH3 is 1. The quantitative estimate of drug-likeness (QED) is 0.838. The number of rotatable bonds is 2. The molecule has 3 rings (SSSR count). The molecule has 0 saturated heterocycles. The summed E-state index contributed by atoms with van der Waals surface area (Å²) in [6.45, 7) is 0. The SMILES string of the molecule is COC1=C(Br)C(=O)c2c(ccnc2-c2ccccc2)C1=O. The minimum Gasteiger partial charge on any atom is -0.491 e. The topological polar surface area (TPSA) is 56.3 Å². The fourth-order valence-corrected chi connectivity index (χ4v) is 2.85. The summed E-state index contributed by atoms with van der Waals surface area (Å²) in [5.41, 5.74) is 1.91. The van der Waals surface area contributed by atoms with Gasteiger partial charge in [-0.3, -0.25) is 14.6 Å². The summed E-state index contributed by atoms with van der Waals surface area (Å²) in [4.78, 5) is 29.2. The number of allylic oxidation sites excluding steroid dienone is 2. The molecule has 0 spiro atoms. The molecule has 2 aromatic rings. The molecule has 0 bridgehead atoms. The molecule has 0 saturated carbocycles. The molecule has 21 heavy (non-hydrogen) atoms. The van der Waals surface area contributed by atoms with E-state index in [4.69, 9.17) is 4.74 Å². The Kier molecular flexibility index (Phi) is 3.43. The van der Waals surface area contributed by atoms with Crippen LogP contribution in [0.3, 0.4) is 0 Å². The summed E-state index contributed by atoms with van der Waals surface area (Å²) >= 11 is 3.15. The van der Waals surface area contributed by atoms with Gasteiger partial charge in [-0.1, -0.05) is 30.3 Å². The molecule has 1 heterocycles. The molecule has 1 aromatic heterocycles. The smallest absolute Gasteiger partial charge is 0.229 e. The summed E-state index contributed by atoms with van der Waals surface area (Å²) < 4.78 is 5.16. The van der Waals surface area contributed by atoms with E-state index in [0.717, 1.165) is 5.56 Å². The maximum Gasteiger partial charge on any atom is 0.229 e. The van der Waals surface area contributed by atoms with Crippen molar-refractivity contribution in [3.63, 3.8) is 0 Å². The first-order chi connectivity index (χ1) is 10.1. The molecule has 0 atom stereocenters. The van der Waals surface area contributed by atoms with Crippen LogP contribution in [0.4, 0.5) is 0 Å². The molecule has 5 heteroatoms. The number of halogens is 1. The lowest BCUT2D eigenvalue weighted by atomic mass is 9.90. The van der Waals surface area contributed by atoms with Gasteiger partial charge >= 0.3 is 0 Å². The molecular weight excluding hydrogens is 334 g/mol. The Morgan fingerprint density at radius 3 is 2.43 bits per heavy atom. The van der Waals surface area contributed by atoms with E-state index in [2.05, 4.69) is 20.9 Å². The third-order valence-electron chi connectivity index (χ3n) is 3.28. The number of ketones is 2. The van der Waals surface area contributed by atoms with Gasteiger partial charge in [0, 0.05) is 17.3 Å². The first-order valence-corrected chi connectivity index (χ1v) is 7.02. The predicted octanol–water partition coefficient (Wildman–Crippen LogP) is 3.38. The van der Waals surface area contributed by atoms with Gasteiger partial charge in [-0.05, 0) is 22.0 Å². The van der Waals surface area contributed by atoms with Crippen molar-refractivity contribution < 1.29 is 14.3 Å². The summed E-state index contributed by atoms with van der Waals surface area (Å²) in [5.74, 6) is -0.593. The number of aromatic nitrogens is 1. The predicted molar refractivity (Wildman–Crippen MR) is 81.3 cm³/mol. The van der Waals surface area contributed by atoms with Crippen molar-refractivity contribution in [2.24, 2.45) is 0 Å². The summed E-state index contributed by atoms with van der Waals surface area (Å²) in [6, 6.07) is 10.8. The van der Waals surface area contributed by atoms with Gasteiger partial charge in [0.25, 0.3) is 0 Å². The normalized spacial score (nSPS) is 14.2. The third-order valence-corrected chi connectivity index (χ3v) is 4.00. The Hall–Kier alpha value is -2.27. The molecule has 1 aromatic carbocycles. The van der Waals surface area contributed by atoms with Gasteiger partial charge in [0.05, 0.1) is 18.4 Å². The number of pyridine rings is 1. The molecule has 0 N–H and O–H groups in total. The number of hydrogen-bond donors (Lipinski definition) is 0. The Bertz CT molecular complexity index is 781. The summed E-state index contributed by atoms with van der Waals surface area (Å²) in [6.07, 6.45) is 1.53. The maximum atomic E-state index is 12.5. The molecule has 104 valence electrons. The lowest BCUT2D eigenvalue weighted by Crippen LogP contribution is -2.22. The second-order valence-electron chi connectivity index (χ2n) is 4.45. The minimum atomic E-state index is -0.321. The first kappa shape index (κ1) is 13.7. The summed E-state index contributed by atoms with van der Waals surface area (Å²) in [7, 11) is 1.37. The van der Waals surface area contributed by atoms with Gasteiger partial charge in [0.15, 0.2) is 5.76 Å². The Labute approximate surface area is 129 Å². The number of carbonyl (C=O) groups excluding carboxylic acids is 2. The highest BCUT2D eigenvalue weighted by molar-refractivity contribution is 9.12. The van der Waals surface area contributed by atoms with Crippen LogP contribution < -0.4 is 0 Å². The number of fused-ring (bicyclic) bond motifs is 1. The maximum absolute atomic E-state index is 12.5. The van der Waals surface area contributed by atoms with E-state index in [1.54, 1.807) is 6.07 Å². The number of hydrogen-bond acceptors (Lipinski definition) is 4. The zero-order chi connectivity index (χ0) is 15.0. The standard InChI is InChI=1S/C16H10BrNO3/c1-21-16-12(17)15(20)11-10(14(16)19)7-8-18-13(11)9-5-3-2-4-6-9/h2-8H,1H3. The van der Waals surface area contributed by atoms with E-state index in [9.17, 15) is 9.59 Å². The van der Waals surface area contributed by atoms with Gasteiger partial charge in [-0.25, -0.2) is 0 Å². The van der Waals surface area contributed by atoms with Crippen molar-refractivity contribution in [2.75, 3.05) is 7.11 Å². The first-order valence-electron chi connectivity index (χ1n) is 6.22. The molecule has 0 fully saturated rings. The van der Waals surface area contributed by atoms with Crippen molar-refractivity contribution >= 4 is 27.5 Å². The van der Waals surface area contributed by atoms with Crippen LogP contribution in [0.5, 0.6) is 0 Å². The number of benzene rings is 1. The van der Waals surface area contributed by atoms with Crippen molar-refractivity contribution in [1.82, 2.24) is 4.98 Å². The largest absolute Gasteiger partial charge is 0.491 e. The zero-order valence-corrected chi connectivity index (χ0v) is 12.7. The van der Waals surface area contributed by atoms with E-state index >= 15 is 0 Å². The molecule has 0 radical (unpaired) electrons. The van der Waals surface area contributed by atoms with E-state index in [-0.39, 0.29) is 21.8 Å². The van der Waals surface area contributed by atoms with Crippen LogP contribution in [0, 0.1) is 0 Å². The second-order valence-corrected chi connectivity index (χ2v) is 5.25. The van der Waals surface area contributed by atoms with Gasteiger partial charge in [-0.2, -0.15) is 0 Å². The van der Waals surface area contributed by atoms with Crippen molar-refractivity contribution in [3.8, 4) is 11.3 Å². The van der Waals surface area contributed by atoms with Crippen LogP contribution in [0.1, 0.15) is 20.7 Å². The number of carbonyl (C=O) groups is 2. The lowest BCUT2D eigenvalue weighted by molar-refractivity contribution is 0.0914. The van der Waals surface area contributed by atoms with Crippen LogP contribution in [-0.2, 0) is 4.74 Å². The average Bonchev–Trinajstić information content (AvgIpc) is 2.53. The number of nitrogens with zero attached hydrogens (tertiary/aromatic N) is 1. The molecule has 0 unspecified atom stereocenters. The lowest BCUT2D eigenvalue weighted by Gasteiger charge is -2.18. The van der Waals surface area contributed by atoms with Gasteiger partial charge in [0.2, 0.25) is 11.6 Å². The van der Waals surface area contributed by atoms with Gasteiger partial charge in [-0.15, -0.1) is 0 Å². The molecule has 0 aliphatic heterocycles. The zero-order valence-electron chi connectivity index (χ0n) is 11.1. The number of Topliss-reactive ketones (excluding diaryl/α,β-unsaturated/α-hetero) is 2. The molecule has 1 aliphatic carbocycles. The van der Waals surface area contributed by atoms with Crippen LogP contribution in [0.15, 0.2) is 52.8 Å². The van der Waals surface area contributed by atoms with E-state index in [1.165, 1.54) is 13.3 Å². The molecule has 4 nitrogen and oxygen atoms in total. The fourth-order valence-electron chi connectivity index (χ4n) is 2.31. The van der Waals surface area contributed by atoms with Gasteiger partial charge in [0.1, 0.15) is 4.48 Å². The number of ether oxygens (including phenoxy) is 1. The molecule has 1 aliphatic rings. The molecular formula is C16H10BrNO3. The summed E-state index contributed by atoms with van der Waals surface area (Å²) in [5, 5.41) is 0. The fraction of sp³-hybridized carbons (Fsp3) is 0.0625. The van der Waals surface area contributed by atoms with Crippen molar-refractivity contribution in [2.45, 2.75) is 0 Å². The van der Waals surface area contributed by atoms with E-state index in [0.29, 0.717) is 16.8 Å². The van der Waals surface area contributed by atoms with Crippen LogP contribution in [-0.4, -0.2) is 23.7 Å². The average molecular weight is 344 g/mol. The highest BCUT2D eigenvalue weighted by Crippen LogP contribution is 2.34. The second kappa shape index (κ2) is 5.26. The Balaban J connectivity index is 2.28. The van der Waals surface area contributed by atoms with Gasteiger partial charge < -0.3 is 4.74 Å². The third kappa shape index (κ3) is 2.10. The Morgan fingerprint density at radius 2 is 1.76 bits per heavy atom. The minimum absolute atomic E-state index is 0.0257. The Morgan fingerprint density at radius 1 is 1.05 bits per heavy atom. The van der Waals surface area contributed by atoms with E-state index < -0.39 is 0 Å². The van der Waals surface area contributed by atoms with Crippen molar-refractivity contribution in [1.29, 1.82) is 0 Å². The molecule has 0 amide bonds. The highest BCUT2D eigenvalue weighted by Gasteiger charge is 2.34.